The quantitative estimate of drug-likeness (QED) is 0.843. The molecule has 1 aliphatic heterocycles. The van der Waals surface area contributed by atoms with Crippen LogP contribution in [0.2, 0.25) is 0 Å². The highest BCUT2D eigenvalue weighted by Crippen LogP contribution is 2.32. The molecule has 1 N–H and O–H groups in total. The van der Waals surface area contributed by atoms with Crippen LogP contribution in [0.3, 0.4) is 0 Å². The fraction of sp³-hybridized carbons (Fsp3) is 0.714. The summed E-state index contributed by atoms with van der Waals surface area (Å²) >= 11 is 0. The van der Waals surface area contributed by atoms with Crippen molar-refractivity contribution < 1.29 is 4.42 Å². The Labute approximate surface area is 98.4 Å². The van der Waals surface area contributed by atoms with Gasteiger partial charge in [-0.25, -0.2) is 0 Å². The molecule has 0 aromatic carbocycles. The summed E-state index contributed by atoms with van der Waals surface area (Å²) in [5.41, 5.74) is 0. The highest BCUT2D eigenvalue weighted by Gasteiger charge is 2.30. The second kappa shape index (κ2) is 5.05. The molecule has 1 saturated heterocycles. The molecule has 1 aromatic heterocycles. The number of hydrogen-bond acceptors (Lipinski definition) is 2. The fourth-order valence-electron chi connectivity index (χ4n) is 2.65. The zero-order valence-electron chi connectivity index (χ0n) is 10.6. The molecule has 0 aliphatic carbocycles. The number of aryl methyl sites for hydroxylation is 1. The van der Waals surface area contributed by atoms with Crippen LogP contribution in [0.1, 0.15) is 51.1 Å². The summed E-state index contributed by atoms with van der Waals surface area (Å²) in [6, 6.07) is 4.90. The van der Waals surface area contributed by atoms with E-state index in [1.54, 1.807) is 0 Å². The van der Waals surface area contributed by atoms with Gasteiger partial charge >= 0.3 is 0 Å². The van der Waals surface area contributed by atoms with Gasteiger partial charge in [0.05, 0.1) is 0 Å². The van der Waals surface area contributed by atoms with Crippen molar-refractivity contribution in [2.24, 2.45) is 5.92 Å². The lowest BCUT2D eigenvalue weighted by Crippen LogP contribution is -2.27. The molecule has 0 amide bonds. The molecule has 2 unspecified atom stereocenters. The second-order valence-corrected chi connectivity index (χ2v) is 5.24. The van der Waals surface area contributed by atoms with Crippen molar-refractivity contribution in [3.05, 3.63) is 23.7 Å². The molecule has 0 bridgehead atoms. The Kier molecular flexibility index (Phi) is 3.70. The average molecular weight is 221 g/mol. The number of furan rings is 1. The maximum Gasteiger partial charge on any atom is 0.108 e. The molecule has 1 fully saturated rings. The topological polar surface area (TPSA) is 25.2 Å². The van der Waals surface area contributed by atoms with E-state index in [0.717, 1.165) is 24.6 Å². The lowest BCUT2D eigenvalue weighted by Gasteiger charge is -2.19. The largest absolute Gasteiger partial charge is 0.466 e. The van der Waals surface area contributed by atoms with Crippen molar-refractivity contribution in [2.45, 2.75) is 52.0 Å². The maximum absolute atomic E-state index is 5.89. The lowest BCUT2D eigenvalue weighted by atomic mass is 9.91. The second-order valence-electron chi connectivity index (χ2n) is 5.24. The molecule has 90 valence electrons. The van der Waals surface area contributed by atoms with Gasteiger partial charge < -0.3 is 9.73 Å². The van der Waals surface area contributed by atoms with Crippen LogP contribution in [0.5, 0.6) is 0 Å². The standard InChI is InChI=1S/C14H23NO/c1-4-11-5-6-14(16-11)12-7-8-15-13(12)9-10(2)3/h5-6,10,12-13,15H,4,7-9H2,1-3H3. The number of rotatable bonds is 4. The lowest BCUT2D eigenvalue weighted by molar-refractivity contribution is 0.374. The highest BCUT2D eigenvalue weighted by molar-refractivity contribution is 5.15. The Hall–Kier alpha value is -0.760. The van der Waals surface area contributed by atoms with E-state index in [9.17, 15) is 0 Å². The molecule has 2 rings (SSSR count). The summed E-state index contributed by atoms with van der Waals surface area (Å²) in [6.45, 7) is 7.85. The molecule has 2 atom stereocenters. The van der Waals surface area contributed by atoms with Crippen molar-refractivity contribution >= 4 is 0 Å². The van der Waals surface area contributed by atoms with Crippen LogP contribution < -0.4 is 5.32 Å². The highest BCUT2D eigenvalue weighted by atomic mass is 16.3. The number of nitrogens with one attached hydrogen (secondary N) is 1. The first-order chi connectivity index (χ1) is 7.70. The average Bonchev–Trinajstić information content (AvgIpc) is 2.84. The van der Waals surface area contributed by atoms with Gasteiger partial charge in [0.15, 0.2) is 0 Å². The Bertz CT molecular complexity index is 329. The molecule has 0 spiro atoms. The Morgan fingerprint density at radius 3 is 2.88 bits per heavy atom. The van der Waals surface area contributed by atoms with Crippen LogP contribution in [0.15, 0.2) is 16.5 Å². The van der Waals surface area contributed by atoms with Crippen molar-refractivity contribution in [2.75, 3.05) is 6.54 Å². The molecule has 2 heterocycles. The summed E-state index contributed by atoms with van der Waals surface area (Å²) in [5, 5.41) is 3.60. The molecule has 16 heavy (non-hydrogen) atoms. The van der Waals surface area contributed by atoms with E-state index in [0.29, 0.717) is 12.0 Å². The van der Waals surface area contributed by atoms with E-state index in [4.69, 9.17) is 4.42 Å². The van der Waals surface area contributed by atoms with Gasteiger partial charge in [-0.3, -0.25) is 0 Å². The summed E-state index contributed by atoms with van der Waals surface area (Å²) < 4.78 is 5.89. The zero-order chi connectivity index (χ0) is 11.5. The van der Waals surface area contributed by atoms with Crippen LogP contribution in [0, 0.1) is 5.92 Å². The van der Waals surface area contributed by atoms with Gasteiger partial charge in [0.2, 0.25) is 0 Å². The third-order valence-corrected chi connectivity index (χ3v) is 3.47. The van der Waals surface area contributed by atoms with E-state index in [-0.39, 0.29) is 0 Å². The Morgan fingerprint density at radius 2 is 2.25 bits per heavy atom. The van der Waals surface area contributed by atoms with Crippen molar-refractivity contribution in [3.8, 4) is 0 Å². The molecular formula is C14H23NO. The van der Waals surface area contributed by atoms with Crippen LogP contribution >= 0.6 is 0 Å². The van der Waals surface area contributed by atoms with Crippen LogP contribution in [0.25, 0.3) is 0 Å². The van der Waals surface area contributed by atoms with E-state index in [1.807, 2.05) is 0 Å². The molecule has 0 radical (unpaired) electrons. The van der Waals surface area contributed by atoms with Crippen molar-refractivity contribution in [1.29, 1.82) is 0 Å². The normalized spacial score (nSPS) is 25.5. The Morgan fingerprint density at radius 1 is 1.44 bits per heavy atom. The fourth-order valence-corrected chi connectivity index (χ4v) is 2.65. The van der Waals surface area contributed by atoms with Gasteiger partial charge in [-0.1, -0.05) is 20.8 Å². The minimum Gasteiger partial charge on any atom is -0.466 e. The first kappa shape index (κ1) is 11.7. The van der Waals surface area contributed by atoms with Gasteiger partial charge in [-0.2, -0.15) is 0 Å². The molecular weight excluding hydrogens is 198 g/mol. The molecule has 2 heteroatoms. The van der Waals surface area contributed by atoms with Gasteiger partial charge in [-0.05, 0) is 37.4 Å². The first-order valence-electron chi connectivity index (χ1n) is 6.52. The monoisotopic (exact) mass is 221 g/mol. The van der Waals surface area contributed by atoms with Gasteiger partial charge in [0.25, 0.3) is 0 Å². The first-order valence-corrected chi connectivity index (χ1v) is 6.52. The van der Waals surface area contributed by atoms with E-state index >= 15 is 0 Å². The molecule has 0 saturated carbocycles. The van der Waals surface area contributed by atoms with Gasteiger partial charge in [0, 0.05) is 18.4 Å². The van der Waals surface area contributed by atoms with Crippen molar-refractivity contribution in [1.82, 2.24) is 5.32 Å². The minimum absolute atomic E-state index is 0.586. The predicted molar refractivity (Wildman–Crippen MR) is 66.7 cm³/mol. The summed E-state index contributed by atoms with van der Waals surface area (Å²) in [6.07, 6.45) is 3.45. The number of hydrogen-bond donors (Lipinski definition) is 1. The molecule has 1 aliphatic rings. The molecule has 1 aromatic rings. The van der Waals surface area contributed by atoms with Crippen LogP contribution in [0.4, 0.5) is 0 Å². The summed E-state index contributed by atoms with van der Waals surface area (Å²) in [7, 11) is 0. The summed E-state index contributed by atoms with van der Waals surface area (Å²) in [4.78, 5) is 0. The van der Waals surface area contributed by atoms with E-state index < -0.39 is 0 Å². The zero-order valence-corrected chi connectivity index (χ0v) is 10.6. The smallest absolute Gasteiger partial charge is 0.108 e. The third kappa shape index (κ3) is 2.49. The maximum atomic E-state index is 5.89. The van der Waals surface area contributed by atoms with Crippen molar-refractivity contribution in [3.63, 3.8) is 0 Å². The SMILES string of the molecule is CCc1ccc(C2CCNC2CC(C)C)o1. The Balaban J connectivity index is 2.07. The van der Waals surface area contributed by atoms with E-state index in [1.165, 1.54) is 18.6 Å². The van der Waals surface area contributed by atoms with E-state index in [2.05, 4.69) is 38.2 Å². The van der Waals surface area contributed by atoms with Crippen LogP contribution in [-0.2, 0) is 6.42 Å². The third-order valence-electron chi connectivity index (χ3n) is 3.47. The van der Waals surface area contributed by atoms with Gasteiger partial charge in [0.1, 0.15) is 11.5 Å². The van der Waals surface area contributed by atoms with Crippen LogP contribution in [-0.4, -0.2) is 12.6 Å². The molecule has 2 nitrogen and oxygen atoms in total. The van der Waals surface area contributed by atoms with Gasteiger partial charge in [-0.15, -0.1) is 0 Å². The minimum atomic E-state index is 0.586. The predicted octanol–water partition coefficient (Wildman–Crippen LogP) is 3.33. The summed E-state index contributed by atoms with van der Waals surface area (Å²) in [5.74, 6) is 3.64.